The molecule has 1 fully saturated rings. The quantitative estimate of drug-likeness (QED) is 0.670. The number of fused-ring (bicyclic) bond motifs is 1. The SMILES string of the molecule is C1=Cc2cccc3c2N(C1)CC31NCCN1. The second-order valence-electron chi connectivity index (χ2n) is 4.79. The highest BCUT2D eigenvalue weighted by Crippen LogP contribution is 2.42. The van der Waals surface area contributed by atoms with E-state index in [0.717, 1.165) is 26.2 Å². The van der Waals surface area contributed by atoms with Gasteiger partial charge < -0.3 is 4.90 Å². The van der Waals surface area contributed by atoms with Crippen LogP contribution in [0.1, 0.15) is 11.1 Å². The Morgan fingerprint density at radius 3 is 2.94 bits per heavy atom. The van der Waals surface area contributed by atoms with Crippen LogP contribution >= 0.6 is 0 Å². The lowest BCUT2D eigenvalue weighted by atomic mass is 9.99. The van der Waals surface area contributed by atoms with Crippen LogP contribution in [0, 0.1) is 0 Å². The highest BCUT2D eigenvalue weighted by Gasteiger charge is 2.45. The summed E-state index contributed by atoms with van der Waals surface area (Å²) in [6, 6.07) is 6.62. The lowest BCUT2D eigenvalue weighted by Crippen LogP contribution is -2.49. The Morgan fingerprint density at radius 1 is 1.19 bits per heavy atom. The molecule has 3 aliphatic heterocycles. The number of nitrogens with one attached hydrogen (secondary N) is 2. The number of para-hydroxylation sites is 1. The van der Waals surface area contributed by atoms with Crippen LogP contribution in [-0.2, 0) is 5.66 Å². The molecular formula is C13H15N3. The maximum Gasteiger partial charge on any atom is 0.115 e. The van der Waals surface area contributed by atoms with Crippen LogP contribution in [0.2, 0.25) is 0 Å². The fourth-order valence-corrected chi connectivity index (χ4v) is 3.22. The average Bonchev–Trinajstić information content (AvgIpc) is 2.89. The average molecular weight is 213 g/mol. The van der Waals surface area contributed by atoms with E-state index in [0.29, 0.717) is 0 Å². The summed E-state index contributed by atoms with van der Waals surface area (Å²) in [7, 11) is 0. The Hall–Kier alpha value is -1.32. The monoisotopic (exact) mass is 213 g/mol. The first-order valence-corrected chi connectivity index (χ1v) is 5.94. The van der Waals surface area contributed by atoms with Crippen molar-refractivity contribution in [1.82, 2.24) is 10.6 Å². The van der Waals surface area contributed by atoms with Gasteiger partial charge >= 0.3 is 0 Å². The Kier molecular flexibility index (Phi) is 1.58. The summed E-state index contributed by atoms with van der Waals surface area (Å²) in [5.41, 5.74) is 4.21. The Morgan fingerprint density at radius 2 is 2.06 bits per heavy atom. The number of anilines is 1. The zero-order valence-electron chi connectivity index (χ0n) is 9.16. The lowest BCUT2D eigenvalue weighted by Gasteiger charge is -2.26. The molecule has 3 heteroatoms. The summed E-state index contributed by atoms with van der Waals surface area (Å²) in [5, 5.41) is 7.25. The molecule has 3 nitrogen and oxygen atoms in total. The second kappa shape index (κ2) is 2.87. The van der Waals surface area contributed by atoms with E-state index in [1.54, 1.807) is 0 Å². The zero-order valence-corrected chi connectivity index (χ0v) is 9.16. The van der Waals surface area contributed by atoms with Gasteiger partial charge in [-0.15, -0.1) is 0 Å². The van der Waals surface area contributed by atoms with Crippen molar-refractivity contribution >= 4 is 11.8 Å². The Labute approximate surface area is 95.1 Å². The molecule has 0 radical (unpaired) electrons. The maximum absolute atomic E-state index is 3.63. The van der Waals surface area contributed by atoms with Crippen molar-refractivity contribution in [1.29, 1.82) is 0 Å². The third-order valence-electron chi connectivity index (χ3n) is 3.87. The first kappa shape index (κ1) is 8.79. The number of benzene rings is 1. The Balaban J connectivity index is 1.96. The summed E-state index contributed by atoms with van der Waals surface area (Å²) in [5.74, 6) is 0. The largest absolute Gasteiger partial charge is 0.363 e. The van der Waals surface area contributed by atoms with Gasteiger partial charge in [-0.1, -0.05) is 30.4 Å². The number of hydrogen-bond acceptors (Lipinski definition) is 3. The molecule has 0 atom stereocenters. The molecule has 1 aromatic carbocycles. The van der Waals surface area contributed by atoms with Gasteiger partial charge in [-0.05, 0) is 5.56 Å². The van der Waals surface area contributed by atoms with Gasteiger partial charge in [0.15, 0.2) is 0 Å². The summed E-state index contributed by atoms with van der Waals surface area (Å²) in [4.78, 5) is 2.47. The zero-order chi connectivity index (χ0) is 10.6. The van der Waals surface area contributed by atoms with Gasteiger partial charge in [0.25, 0.3) is 0 Å². The minimum atomic E-state index is 0.0113. The van der Waals surface area contributed by atoms with Crippen LogP contribution in [0.15, 0.2) is 24.3 Å². The molecule has 1 aromatic rings. The number of nitrogens with zero attached hydrogens (tertiary/aromatic N) is 1. The summed E-state index contributed by atoms with van der Waals surface area (Å²) in [6.45, 7) is 4.20. The van der Waals surface area contributed by atoms with Crippen molar-refractivity contribution in [3.63, 3.8) is 0 Å². The van der Waals surface area contributed by atoms with Gasteiger partial charge in [-0.3, -0.25) is 10.6 Å². The molecule has 3 heterocycles. The predicted molar refractivity (Wildman–Crippen MR) is 65.4 cm³/mol. The standard InChI is InChI=1S/C13H15N3/c1-3-10-4-2-8-16-9-13(14-6-7-15-13)11(5-1)12(10)16/h1-5,14-15H,6-9H2. The van der Waals surface area contributed by atoms with E-state index in [1.807, 2.05) is 0 Å². The van der Waals surface area contributed by atoms with Crippen LogP contribution in [0.3, 0.4) is 0 Å². The van der Waals surface area contributed by atoms with Crippen molar-refractivity contribution in [2.24, 2.45) is 0 Å². The van der Waals surface area contributed by atoms with Crippen molar-refractivity contribution in [2.45, 2.75) is 5.66 Å². The highest BCUT2D eigenvalue weighted by molar-refractivity contribution is 5.78. The first-order chi connectivity index (χ1) is 7.89. The molecule has 82 valence electrons. The molecule has 0 saturated carbocycles. The number of rotatable bonds is 0. The fourth-order valence-electron chi connectivity index (χ4n) is 3.22. The van der Waals surface area contributed by atoms with Crippen LogP contribution in [0.5, 0.6) is 0 Å². The van der Waals surface area contributed by atoms with E-state index in [1.165, 1.54) is 16.8 Å². The van der Waals surface area contributed by atoms with Gasteiger partial charge in [0.1, 0.15) is 5.66 Å². The fraction of sp³-hybridized carbons (Fsp3) is 0.385. The minimum absolute atomic E-state index is 0.0113. The van der Waals surface area contributed by atoms with Crippen LogP contribution in [0.25, 0.3) is 6.08 Å². The van der Waals surface area contributed by atoms with Crippen LogP contribution in [0.4, 0.5) is 5.69 Å². The maximum atomic E-state index is 3.63. The molecule has 0 bridgehead atoms. The molecule has 2 N–H and O–H groups in total. The van der Waals surface area contributed by atoms with E-state index in [2.05, 4.69) is 45.9 Å². The second-order valence-corrected chi connectivity index (χ2v) is 4.79. The predicted octanol–water partition coefficient (Wildman–Crippen LogP) is 0.879. The van der Waals surface area contributed by atoms with E-state index in [-0.39, 0.29) is 5.66 Å². The van der Waals surface area contributed by atoms with Gasteiger partial charge in [0, 0.05) is 25.2 Å². The molecule has 0 unspecified atom stereocenters. The van der Waals surface area contributed by atoms with Crippen molar-refractivity contribution in [3.05, 3.63) is 35.4 Å². The lowest BCUT2D eigenvalue weighted by molar-refractivity contribution is 0.371. The molecule has 1 spiro atoms. The molecule has 0 amide bonds. The van der Waals surface area contributed by atoms with Gasteiger partial charge in [-0.25, -0.2) is 0 Å². The summed E-state index contributed by atoms with van der Waals surface area (Å²) >= 11 is 0. The summed E-state index contributed by atoms with van der Waals surface area (Å²) in [6.07, 6.45) is 4.49. The molecule has 0 aliphatic carbocycles. The highest BCUT2D eigenvalue weighted by atomic mass is 15.3. The topological polar surface area (TPSA) is 27.3 Å². The normalized spacial score (nSPS) is 24.1. The van der Waals surface area contributed by atoms with Crippen molar-refractivity contribution in [2.75, 3.05) is 31.1 Å². The van der Waals surface area contributed by atoms with Gasteiger partial charge in [0.05, 0.1) is 12.2 Å². The number of hydrogen-bond donors (Lipinski definition) is 2. The molecule has 3 aliphatic rings. The molecule has 16 heavy (non-hydrogen) atoms. The van der Waals surface area contributed by atoms with Gasteiger partial charge in [-0.2, -0.15) is 0 Å². The van der Waals surface area contributed by atoms with Crippen LogP contribution in [-0.4, -0.2) is 26.2 Å². The Bertz CT molecular complexity index is 472. The summed E-state index contributed by atoms with van der Waals surface area (Å²) < 4.78 is 0. The minimum Gasteiger partial charge on any atom is -0.363 e. The van der Waals surface area contributed by atoms with Crippen molar-refractivity contribution < 1.29 is 0 Å². The van der Waals surface area contributed by atoms with E-state index < -0.39 is 0 Å². The third-order valence-corrected chi connectivity index (χ3v) is 3.87. The third kappa shape index (κ3) is 0.950. The smallest absolute Gasteiger partial charge is 0.115 e. The molecular weight excluding hydrogens is 198 g/mol. The van der Waals surface area contributed by atoms with E-state index in [9.17, 15) is 0 Å². The van der Waals surface area contributed by atoms with Crippen molar-refractivity contribution in [3.8, 4) is 0 Å². The first-order valence-electron chi connectivity index (χ1n) is 5.94. The van der Waals surface area contributed by atoms with Crippen LogP contribution < -0.4 is 15.5 Å². The van der Waals surface area contributed by atoms with Gasteiger partial charge in [0.2, 0.25) is 0 Å². The molecule has 4 rings (SSSR count). The molecule has 1 saturated heterocycles. The van der Waals surface area contributed by atoms with E-state index >= 15 is 0 Å². The molecule has 0 aromatic heterocycles. The van der Waals surface area contributed by atoms with E-state index in [4.69, 9.17) is 0 Å².